The number of nitrogens with one attached hydrogen (secondary N) is 3. The number of primary amides is 1. The standard InChI is InChI=1S/C24H26ClN7O2/c1-2-32(17-9-4-3-5-10-17)22-18(21(26)33)14-27-23(31-22)28-16-11-12-19(25)20(13-16)30-24(34)29-15-7-6-8-15/h3-5,9-15H,2,6-8H2,1H3,(H2,26,33)(H,27,28,31)(H2,29,30,34). The van der Waals surface area contributed by atoms with Gasteiger partial charge in [-0.15, -0.1) is 0 Å². The second-order valence-corrected chi connectivity index (χ2v) is 8.33. The number of benzene rings is 2. The van der Waals surface area contributed by atoms with Crippen molar-refractivity contribution in [3.8, 4) is 0 Å². The number of carbonyl (C=O) groups is 2. The van der Waals surface area contributed by atoms with Gasteiger partial charge < -0.3 is 26.6 Å². The maximum Gasteiger partial charge on any atom is 0.319 e. The Labute approximate surface area is 202 Å². The van der Waals surface area contributed by atoms with Crippen molar-refractivity contribution in [2.75, 3.05) is 22.1 Å². The highest BCUT2D eigenvalue weighted by Gasteiger charge is 2.21. The van der Waals surface area contributed by atoms with E-state index in [1.807, 2.05) is 42.2 Å². The van der Waals surface area contributed by atoms with Gasteiger partial charge in [0, 0.05) is 30.2 Å². The molecule has 1 aliphatic rings. The molecule has 1 saturated carbocycles. The van der Waals surface area contributed by atoms with Crippen LogP contribution in [0.4, 0.5) is 33.6 Å². The average Bonchev–Trinajstić information content (AvgIpc) is 2.80. The van der Waals surface area contributed by atoms with Crippen molar-refractivity contribution in [2.45, 2.75) is 32.2 Å². The van der Waals surface area contributed by atoms with E-state index in [0.717, 1.165) is 24.9 Å². The molecular formula is C24H26ClN7O2. The molecule has 3 aromatic rings. The molecule has 9 nitrogen and oxygen atoms in total. The van der Waals surface area contributed by atoms with Gasteiger partial charge in [0.15, 0.2) is 5.82 Å². The van der Waals surface area contributed by atoms with Gasteiger partial charge >= 0.3 is 6.03 Å². The fourth-order valence-electron chi connectivity index (χ4n) is 3.60. The van der Waals surface area contributed by atoms with Gasteiger partial charge in [0.1, 0.15) is 5.56 Å². The Kier molecular flexibility index (Phi) is 7.12. The first-order valence-corrected chi connectivity index (χ1v) is 11.5. The number of aromatic nitrogens is 2. The number of hydrogen-bond donors (Lipinski definition) is 4. The third-order valence-corrected chi connectivity index (χ3v) is 5.91. The summed E-state index contributed by atoms with van der Waals surface area (Å²) in [7, 11) is 0. The predicted molar refractivity (Wildman–Crippen MR) is 134 cm³/mol. The first kappa shape index (κ1) is 23.3. The highest BCUT2D eigenvalue weighted by Crippen LogP contribution is 2.30. The second kappa shape index (κ2) is 10.4. The molecule has 176 valence electrons. The fraction of sp³-hybridized carbons (Fsp3) is 0.250. The number of rotatable bonds is 8. The first-order chi connectivity index (χ1) is 16.4. The lowest BCUT2D eigenvalue weighted by atomic mass is 9.93. The third kappa shape index (κ3) is 5.37. The van der Waals surface area contributed by atoms with Crippen LogP contribution in [0.3, 0.4) is 0 Å². The molecule has 0 radical (unpaired) electrons. The Balaban J connectivity index is 1.58. The van der Waals surface area contributed by atoms with Crippen LogP contribution in [-0.4, -0.2) is 34.5 Å². The van der Waals surface area contributed by atoms with Crippen molar-refractivity contribution in [1.29, 1.82) is 0 Å². The normalized spacial score (nSPS) is 13.0. The molecule has 0 atom stereocenters. The summed E-state index contributed by atoms with van der Waals surface area (Å²) in [5.74, 6) is 0.0406. The lowest BCUT2D eigenvalue weighted by Gasteiger charge is -2.26. The predicted octanol–water partition coefficient (Wildman–Crippen LogP) is 4.80. The highest BCUT2D eigenvalue weighted by atomic mass is 35.5. The van der Waals surface area contributed by atoms with E-state index in [1.54, 1.807) is 18.2 Å². The van der Waals surface area contributed by atoms with Gasteiger partial charge in [-0.3, -0.25) is 4.79 Å². The third-order valence-electron chi connectivity index (χ3n) is 5.58. The Morgan fingerprint density at radius 3 is 2.59 bits per heavy atom. The van der Waals surface area contributed by atoms with E-state index in [4.69, 9.17) is 17.3 Å². The molecule has 10 heteroatoms. The Bertz CT molecular complexity index is 1190. The maximum absolute atomic E-state index is 12.3. The van der Waals surface area contributed by atoms with Gasteiger partial charge in [-0.05, 0) is 56.5 Å². The Morgan fingerprint density at radius 1 is 1.18 bits per heavy atom. The highest BCUT2D eigenvalue weighted by molar-refractivity contribution is 6.33. The molecule has 0 spiro atoms. The average molecular weight is 480 g/mol. The van der Waals surface area contributed by atoms with Gasteiger partial charge in [0.25, 0.3) is 5.91 Å². The van der Waals surface area contributed by atoms with E-state index in [-0.39, 0.29) is 23.6 Å². The molecule has 1 heterocycles. The van der Waals surface area contributed by atoms with Crippen LogP contribution in [0.2, 0.25) is 5.02 Å². The van der Waals surface area contributed by atoms with Gasteiger partial charge in [0.2, 0.25) is 5.95 Å². The maximum atomic E-state index is 12.3. The minimum atomic E-state index is -0.619. The van der Waals surface area contributed by atoms with E-state index in [9.17, 15) is 9.59 Å². The van der Waals surface area contributed by atoms with Crippen LogP contribution in [0.5, 0.6) is 0 Å². The minimum Gasteiger partial charge on any atom is -0.365 e. The Hall–Kier alpha value is -3.85. The largest absolute Gasteiger partial charge is 0.365 e. The molecule has 2 aromatic carbocycles. The summed E-state index contributed by atoms with van der Waals surface area (Å²) in [4.78, 5) is 35.0. The molecule has 34 heavy (non-hydrogen) atoms. The van der Waals surface area contributed by atoms with Crippen LogP contribution in [-0.2, 0) is 0 Å². The monoisotopic (exact) mass is 479 g/mol. The molecule has 1 aliphatic carbocycles. The topological polar surface area (TPSA) is 125 Å². The molecule has 1 aromatic heterocycles. The summed E-state index contributed by atoms with van der Waals surface area (Å²) in [6.45, 7) is 2.52. The number of halogens is 1. The Morgan fingerprint density at radius 2 is 1.94 bits per heavy atom. The van der Waals surface area contributed by atoms with Crippen molar-refractivity contribution >= 4 is 52.4 Å². The minimum absolute atomic E-state index is 0.210. The summed E-state index contributed by atoms with van der Waals surface area (Å²) in [5.41, 5.74) is 7.74. The van der Waals surface area contributed by atoms with Crippen LogP contribution >= 0.6 is 11.6 Å². The van der Waals surface area contributed by atoms with Crippen LogP contribution in [0.15, 0.2) is 54.7 Å². The lowest BCUT2D eigenvalue weighted by Crippen LogP contribution is -2.41. The molecule has 0 aliphatic heterocycles. The molecule has 0 unspecified atom stereocenters. The van der Waals surface area contributed by atoms with Crippen molar-refractivity contribution in [1.82, 2.24) is 15.3 Å². The number of amides is 3. The number of hydrogen-bond acceptors (Lipinski definition) is 6. The molecule has 0 saturated heterocycles. The number of urea groups is 1. The number of carbonyl (C=O) groups excluding carboxylic acids is 2. The summed E-state index contributed by atoms with van der Waals surface area (Å²) < 4.78 is 0. The van der Waals surface area contributed by atoms with Gasteiger partial charge in [-0.2, -0.15) is 4.98 Å². The lowest BCUT2D eigenvalue weighted by molar-refractivity contribution is 0.1000. The van der Waals surface area contributed by atoms with E-state index < -0.39 is 5.91 Å². The molecule has 5 N–H and O–H groups in total. The summed E-state index contributed by atoms with van der Waals surface area (Å²) in [6, 6.07) is 14.6. The number of para-hydroxylation sites is 1. The van der Waals surface area contributed by atoms with Crippen molar-refractivity contribution in [3.63, 3.8) is 0 Å². The quantitative estimate of drug-likeness (QED) is 0.367. The molecule has 0 bridgehead atoms. The van der Waals surface area contributed by atoms with Gasteiger partial charge in [-0.1, -0.05) is 29.8 Å². The van der Waals surface area contributed by atoms with Crippen LogP contribution in [0, 0.1) is 0 Å². The van der Waals surface area contributed by atoms with Crippen LogP contribution in [0.25, 0.3) is 0 Å². The van der Waals surface area contributed by atoms with Crippen molar-refractivity contribution in [3.05, 3.63) is 65.3 Å². The second-order valence-electron chi connectivity index (χ2n) is 7.92. The molecule has 3 amide bonds. The fourth-order valence-corrected chi connectivity index (χ4v) is 3.76. The number of nitrogens with two attached hydrogens (primary N) is 1. The zero-order valence-corrected chi connectivity index (χ0v) is 19.5. The molecule has 1 fully saturated rings. The van der Waals surface area contributed by atoms with Gasteiger partial charge in [-0.25, -0.2) is 9.78 Å². The number of anilines is 5. The molecular weight excluding hydrogens is 454 g/mol. The van der Waals surface area contributed by atoms with E-state index in [2.05, 4.69) is 25.9 Å². The van der Waals surface area contributed by atoms with E-state index in [0.29, 0.717) is 28.8 Å². The van der Waals surface area contributed by atoms with Crippen molar-refractivity contribution in [2.24, 2.45) is 5.73 Å². The van der Waals surface area contributed by atoms with Crippen LogP contribution in [0.1, 0.15) is 36.5 Å². The van der Waals surface area contributed by atoms with Crippen molar-refractivity contribution < 1.29 is 9.59 Å². The van der Waals surface area contributed by atoms with E-state index in [1.165, 1.54) is 6.20 Å². The van der Waals surface area contributed by atoms with Gasteiger partial charge in [0.05, 0.1) is 10.7 Å². The number of nitrogens with zero attached hydrogens (tertiary/aromatic N) is 3. The molecule has 4 rings (SSSR count). The van der Waals surface area contributed by atoms with Crippen LogP contribution < -0.4 is 26.6 Å². The first-order valence-electron chi connectivity index (χ1n) is 11.1. The smallest absolute Gasteiger partial charge is 0.319 e. The summed E-state index contributed by atoms with van der Waals surface area (Å²) >= 11 is 6.28. The summed E-state index contributed by atoms with van der Waals surface area (Å²) in [5, 5.41) is 9.22. The van der Waals surface area contributed by atoms with E-state index >= 15 is 0 Å². The SMILES string of the molecule is CCN(c1ccccc1)c1nc(Nc2ccc(Cl)c(NC(=O)NC3CCC3)c2)ncc1C(N)=O. The summed E-state index contributed by atoms with van der Waals surface area (Å²) in [6.07, 6.45) is 4.50. The zero-order valence-electron chi connectivity index (χ0n) is 18.7. The zero-order chi connectivity index (χ0) is 24.1.